The maximum atomic E-state index is 5.60. The number of anilines is 2. The lowest BCUT2D eigenvalue weighted by Gasteiger charge is -2.33. The predicted molar refractivity (Wildman–Crippen MR) is 116 cm³/mol. The summed E-state index contributed by atoms with van der Waals surface area (Å²) in [6.07, 6.45) is 2.67. The molecule has 3 heterocycles. The van der Waals surface area contributed by atoms with Crippen molar-refractivity contribution in [2.45, 2.75) is 33.0 Å². The molecule has 6 nitrogen and oxygen atoms in total. The highest BCUT2D eigenvalue weighted by atomic mass is 16.3. The van der Waals surface area contributed by atoms with Gasteiger partial charge in [-0.3, -0.25) is 4.90 Å². The van der Waals surface area contributed by atoms with Gasteiger partial charge in [-0.1, -0.05) is 30.3 Å². The van der Waals surface area contributed by atoms with Crippen LogP contribution in [0.25, 0.3) is 0 Å². The van der Waals surface area contributed by atoms with Crippen LogP contribution in [-0.2, 0) is 26.1 Å². The van der Waals surface area contributed by atoms with Crippen LogP contribution >= 0.6 is 0 Å². The number of nitrogens with zero attached hydrogens (tertiary/aromatic N) is 5. The van der Waals surface area contributed by atoms with Crippen LogP contribution in [0, 0.1) is 0 Å². The Morgan fingerprint density at radius 2 is 1.90 bits per heavy atom. The van der Waals surface area contributed by atoms with Gasteiger partial charge in [0.1, 0.15) is 11.6 Å². The van der Waals surface area contributed by atoms with Crippen molar-refractivity contribution in [1.82, 2.24) is 14.9 Å². The molecule has 2 aromatic heterocycles. The molecule has 0 spiro atoms. The van der Waals surface area contributed by atoms with Gasteiger partial charge >= 0.3 is 0 Å². The number of rotatable bonds is 7. The molecule has 1 aliphatic rings. The molecule has 0 saturated carbocycles. The SMILES string of the molecule is CCN(Cc1ccco1)c1nc(N(C)C)nc2c1CN(Cc1ccccc1)CC2. The third-order valence-electron chi connectivity index (χ3n) is 5.36. The van der Waals surface area contributed by atoms with Crippen molar-refractivity contribution in [2.24, 2.45) is 0 Å². The number of aromatic nitrogens is 2. The van der Waals surface area contributed by atoms with Gasteiger partial charge in [0.15, 0.2) is 0 Å². The van der Waals surface area contributed by atoms with Crippen LogP contribution in [-0.4, -0.2) is 42.1 Å². The first-order valence-corrected chi connectivity index (χ1v) is 10.2. The topological polar surface area (TPSA) is 48.6 Å². The molecule has 1 aliphatic heterocycles. The molecular weight excluding hydrogens is 362 g/mol. The average molecular weight is 392 g/mol. The number of hydrogen-bond donors (Lipinski definition) is 0. The molecule has 0 N–H and O–H groups in total. The molecule has 3 aromatic rings. The summed E-state index contributed by atoms with van der Waals surface area (Å²) in [5.74, 6) is 2.74. The molecule has 152 valence electrons. The summed E-state index contributed by atoms with van der Waals surface area (Å²) < 4.78 is 5.60. The largest absolute Gasteiger partial charge is 0.467 e. The minimum Gasteiger partial charge on any atom is -0.467 e. The second-order valence-electron chi connectivity index (χ2n) is 7.71. The first kappa shape index (κ1) is 19.5. The molecule has 0 atom stereocenters. The van der Waals surface area contributed by atoms with Gasteiger partial charge in [0.25, 0.3) is 0 Å². The Labute approximate surface area is 172 Å². The Hall–Kier alpha value is -2.86. The van der Waals surface area contributed by atoms with Gasteiger partial charge in [0.05, 0.1) is 18.5 Å². The Morgan fingerprint density at radius 1 is 1.07 bits per heavy atom. The number of hydrogen-bond acceptors (Lipinski definition) is 6. The molecule has 0 radical (unpaired) electrons. The van der Waals surface area contributed by atoms with Crippen molar-refractivity contribution in [2.75, 3.05) is 37.0 Å². The molecule has 29 heavy (non-hydrogen) atoms. The van der Waals surface area contributed by atoms with Crippen molar-refractivity contribution in [3.05, 3.63) is 71.3 Å². The molecule has 4 rings (SSSR count). The van der Waals surface area contributed by atoms with Crippen LogP contribution in [0.1, 0.15) is 29.5 Å². The van der Waals surface area contributed by atoms with E-state index in [2.05, 4.69) is 47.1 Å². The van der Waals surface area contributed by atoms with Gasteiger partial charge in [-0.25, -0.2) is 4.98 Å². The maximum Gasteiger partial charge on any atom is 0.227 e. The summed E-state index contributed by atoms with van der Waals surface area (Å²) in [6.45, 7) is 6.54. The van der Waals surface area contributed by atoms with Gasteiger partial charge in [-0.15, -0.1) is 0 Å². The lowest BCUT2D eigenvalue weighted by molar-refractivity contribution is 0.243. The molecule has 0 aliphatic carbocycles. The normalized spacial score (nSPS) is 13.9. The number of benzene rings is 1. The summed E-state index contributed by atoms with van der Waals surface area (Å²) in [5, 5.41) is 0. The van der Waals surface area contributed by atoms with Crippen LogP contribution in [0.4, 0.5) is 11.8 Å². The minimum absolute atomic E-state index is 0.707. The lowest BCUT2D eigenvalue weighted by atomic mass is 10.0. The third-order valence-corrected chi connectivity index (χ3v) is 5.36. The Kier molecular flexibility index (Phi) is 5.81. The highest BCUT2D eigenvalue weighted by Crippen LogP contribution is 2.30. The molecule has 1 aromatic carbocycles. The standard InChI is InChI=1S/C23H29N5O/c1-4-28(16-19-11-8-14-29-19)22-20-17-27(15-18-9-6-5-7-10-18)13-12-21(20)24-23(25-22)26(2)3/h5-11,14H,4,12-13,15-17H2,1-3H3. The maximum absolute atomic E-state index is 5.60. The molecule has 0 bridgehead atoms. The third kappa shape index (κ3) is 4.43. The first-order valence-electron chi connectivity index (χ1n) is 10.2. The zero-order chi connectivity index (χ0) is 20.2. The highest BCUT2D eigenvalue weighted by Gasteiger charge is 2.26. The smallest absolute Gasteiger partial charge is 0.227 e. The van der Waals surface area contributed by atoms with E-state index in [1.54, 1.807) is 6.26 Å². The lowest BCUT2D eigenvalue weighted by Crippen LogP contribution is -2.34. The monoisotopic (exact) mass is 391 g/mol. The Bertz CT molecular complexity index is 924. The minimum atomic E-state index is 0.707. The van der Waals surface area contributed by atoms with E-state index in [0.29, 0.717) is 6.54 Å². The van der Waals surface area contributed by atoms with Crippen LogP contribution in [0.5, 0.6) is 0 Å². The molecular formula is C23H29N5O. The van der Waals surface area contributed by atoms with E-state index < -0.39 is 0 Å². The van der Waals surface area contributed by atoms with Crippen molar-refractivity contribution in [3.63, 3.8) is 0 Å². The van der Waals surface area contributed by atoms with E-state index in [9.17, 15) is 0 Å². The van der Waals surface area contributed by atoms with Gasteiger partial charge in [-0.05, 0) is 24.6 Å². The average Bonchev–Trinajstić information content (AvgIpc) is 3.25. The summed E-state index contributed by atoms with van der Waals surface area (Å²) in [7, 11) is 4.00. The van der Waals surface area contributed by atoms with Crippen LogP contribution in [0.2, 0.25) is 0 Å². The fourth-order valence-electron chi connectivity index (χ4n) is 3.81. The van der Waals surface area contributed by atoms with Crippen LogP contribution in [0.15, 0.2) is 53.1 Å². The predicted octanol–water partition coefficient (Wildman–Crippen LogP) is 3.72. The van der Waals surface area contributed by atoms with E-state index in [1.807, 2.05) is 31.1 Å². The van der Waals surface area contributed by atoms with E-state index >= 15 is 0 Å². The molecule has 0 unspecified atom stereocenters. The van der Waals surface area contributed by atoms with E-state index in [4.69, 9.17) is 14.4 Å². The molecule has 6 heteroatoms. The zero-order valence-electron chi connectivity index (χ0n) is 17.5. The van der Waals surface area contributed by atoms with Crippen molar-refractivity contribution in [3.8, 4) is 0 Å². The summed E-state index contributed by atoms with van der Waals surface area (Å²) >= 11 is 0. The fourth-order valence-corrected chi connectivity index (χ4v) is 3.81. The second kappa shape index (κ2) is 8.66. The van der Waals surface area contributed by atoms with Gasteiger partial charge < -0.3 is 14.2 Å². The van der Waals surface area contributed by atoms with Crippen LogP contribution < -0.4 is 9.80 Å². The summed E-state index contributed by atoms with van der Waals surface area (Å²) in [6, 6.07) is 14.6. The number of furan rings is 1. The zero-order valence-corrected chi connectivity index (χ0v) is 17.5. The van der Waals surface area contributed by atoms with Crippen LogP contribution in [0.3, 0.4) is 0 Å². The highest BCUT2D eigenvalue weighted by molar-refractivity contribution is 5.54. The molecule has 0 fully saturated rings. The van der Waals surface area contributed by atoms with Gasteiger partial charge in [0, 0.05) is 52.3 Å². The van der Waals surface area contributed by atoms with Crippen molar-refractivity contribution >= 4 is 11.8 Å². The van der Waals surface area contributed by atoms with E-state index in [1.165, 1.54) is 16.8 Å². The van der Waals surface area contributed by atoms with Gasteiger partial charge in [0.2, 0.25) is 5.95 Å². The summed E-state index contributed by atoms with van der Waals surface area (Å²) in [5.41, 5.74) is 3.75. The van der Waals surface area contributed by atoms with E-state index in [-0.39, 0.29) is 0 Å². The quantitative estimate of drug-likeness (QED) is 0.612. The molecule has 0 saturated heterocycles. The number of fused-ring (bicyclic) bond motifs is 1. The van der Waals surface area contributed by atoms with E-state index in [0.717, 1.165) is 50.1 Å². The van der Waals surface area contributed by atoms with Crippen molar-refractivity contribution in [1.29, 1.82) is 0 Å². The fraction of sp³-hybridized carbons (Fsp3) is 0.391. The summed E-state index contributed by atoms with van der Waals surface area (Å²) in [4.78, 5) is 16.6. The molecule has 0 amide bonds. The van der Waals surface area contributed by atoms with Gasteiger partial charge in [-0.2, -0.15) is 4.98 Å². The first-order chi connectivity index (χ1) is 14.1. The Morgan fingerprint density at radius 3 is 2.59 bits per heavy atom. The second-order valence-corrected chi connectivity index (χ2v) is 7.71. The Balaban J connectivity index is 1.65. The van der Waals surface area contributed by atoms with Crippen molar-refractivity contribution < 1.29 is 4.42 Å².